The highest BCUT2D eigenvalue weighted by Crippen LogP contribution is 2.42. The third kappa shape index (κ3) is 3.74. The SMILES string of the molecule is COC(=O)[C@@]1([C@@H](C[N+](=O)[O-])c2ccc(C)cc2)CCC(c2ccccc2)=N1. The molecule has 0 radical (unpaired) electrons. The first kappa shape index (κ1) is 18.8. The molecule has 0 N–H and O–H groups in total. The zero-order chi connectivity index (χ0) is 19.4. The van der Waals surface area contributed by atoms with E-state index in [0.717, 1.165) is 22.4 Å². The molecule has 2 aromatic rings. The van der Waals surface area contributed by atoms with E-state index in [9.17, 15) is 14.9 Å². The Balaban J connectivity index is 2.11. The molecule has 0 aliphatic carbocycles. The molecule has 140 valence electrons. The Kier molecular flexibility index (Phi) is 5.35. The van der Waals surface area contributed by atoms with E-state index in [1.807, 2.05) is 61.5 Å². The van der Waals surface area contributed by atoms with Crippen LogP contribution in [0.5, 0.6) is 0 Å². The number of rotatable bonds is 6. The van der Waals surface area contributed by atoms with Gasteiger partial charge in [0.15, 0.2) is 5.54 Å². The molecule has 0 amide bonds. The maximum atomic E-state index is 12.8. The van der Waals surface area contributed by atoms with Gasteiger partial charge in [-0.25, -0.2) is 4.79 Å². The van der Waals surface area contributed by atoms with Gasteiger partial charge in [0.1, 0.15) is 0 Å². The second kappa shape index (κ2) is 7.70. The summed E-state index contributed by atoms with van der Waals surface area (Å²) < 4.78 is 5.06. The summed E-state index contributed by atoms with van der Waals surface area (Å²) in [5.74, 6) is -1.22. The lowest BCUT2D eigenvalue weighted by atomic mass is 9.77. The largest absolute Gasteiger partial charge is 0.467 e. The zero-order valence-corrected chi connectivity index (χ0v) is 15.4. The summed E-state index contributed by atoms with van der Waals surface area (Å²) in [5, 5.41) is 11.4. The van der Waals surface area contributed by atoms with Crippen LogP contribution < -0.4 is 0 Å². The average Bonchev–Trinajstić information content (AvgIpc) is 3.13. The van der Waals surface area contributed by atoms with E-state index in [1.165, 1.54) is 7.11 Å². The lowest BCUT2D eigenvalue weighted by Gasteiger charge is -2.30. The molecule has 1 aliphatic heterocycles. The predicted octanol–water partition coefficient (Wildman–Crippen LogP) is 3.55. The van der Waals surface area contributed by atoms with Gasteiger partial charge in [-0.3, -0.25) is 15.1 Å². The molecule has 0 fully saturated rings. The number of carbonyl (C=O) groups excluding carboxylic acids is 1. The third-order valence-electron chi connectivity index (χ3n) is 5.11. The van der Waals surface area contributed by atoms with Gasteiger partial charge >= 0.3 is 5.97 Å². The van der Waals surface area contributed by atoms with Crippen molar-refractivity contribution in [3.63, 3.8) is 0 Å². The minimum Gasteiger partial charge on any atom is -0.467 e. The summed E-state index contributed by atoms with van der Waals surface area (Å²) in [6.07, 6.45) is 0.954. The van der Waals surface area contributed by atoms with E-state index in [2.05, 4.69) is 0 Å². The molecular formula is C21H22N2O4. The van der Waals surface area contributed by atoms with E-state index >= 15 is 0 Å². The Hall–Kier alpha value is -3.02. The Labute approximate surface area is 158 Å². The van der Waals surface area contributed by atoms with Crippen molar-refractivity contribution < 1.29 is 14.5 Å². The Bertz CT molecular complexity index is 862. The van der Waals surface area contributed by atoms with Crippen LogP contribution in [0.15, 0.2) is 59.6 Å². The molecule has 0 saturated heterocycles. The van der Waals surface area contributed by atoms with Gasteiger partial charge in [-0.05, 0) is 30.9 Å². The van der Waals surface area contributed by atoms with E-state index < -0.39 is 17.4 Å². The molecule has 27 heavy (non-hydrogen) atoms. The molecule has 0 aromatic heterocycles. The molecule has 6 nitrogen and oxygen atoms in total. The predicted molar refractivity (Wildman–Crippen MR) is 103 cm³/mol. The first-order valence-electron chi connectivity index (χ1n) is 8.87. The first-order chi connectivity index (χ1) is 13.0. The van der Waals surface area contributed by atoms with Gasteiger partial charge in [-0.1, -0.05) is 60.2 Å². The van der Waals surface area contributed by atoms with Gasteiger partial charge in [0.2, 0.25) is 6.54 Å². The number of ether oxygens (including phenoxy) is 1. The summed E-state index contributed by atoms with van der Waals surface area (Å²) >= 11 is 0. The Morgan fingerprint density at radius 2 is 1.89 bits per heavy atom. The molecule has 2 atom stereocenters. The highest BCUT2D eigenvalue weighted by atomic mass is 16.6. The summed E-state index contributed by atoms with van der Waals surface area (Å²) in [6.45, 7) is 1.56. The van der Waals surface area contributed by atoms with E-state index in [1.54, 1.807) is 0 Å². The monoisotopic (exact) mass is 366 g/mol. The maximum absolute atomic E-state index is 12.8. The van der Waals surface area contributed by atoms with Gasteiger partial charge in [-0.2, -0.15) is 0 Å². The van der Waals surface area contributed by atoms with Crippen molar-refractivity contribution in [1.82, 2.24) is 0 Å². The lowest BCUT2D eigenvalue weighted by molar-refractivity contribution is -0.484. The van der Waals surface area contributed by atoms with Crippen molar-refractivity contribution in [3.8, 4) is 0 Å². The molecule has 1 aliphatic rings. The summed E-state index contributed by atoms with van der Waals surface area (Å²) in [5.41, 5.74) is 2.18. The second-order valence-corrected chi connectivity index (χ2v) is 6.82. The minimum absolute atomic E-state index is 0.384. The normalized spacial score (nSPS) is 20.0. The highest BCUT2D eigenvalue weighted by molar-refractivity contribution is 6.05. The van der Waals surface area contributed by atoms with Crippen LogP contribution in [0.3, 0.4) is 0 Å². The topological polar surface area (TPSA) is 81.8 Å². The third-order valence-corrected chi connectivity index (χ3v) is 5.11. The van der Waals surface area contributed by atoms with E-state index in [4.69, 9.17) is 9.73 Å². The fourth-order valence-corrected chi connectivity index (χ4v) is 3.70. The number of carbonyl (C=O) groups is 1. The number of nitro groups is 1. The lowest BCUT2D eigenvalue weighted by Crippen LogP contribution is -2.44. The molecular weight excluding hydrogens is 344 g/mol. The number of methoxy groups -OCH3 is 1. The zero-order valence-electron chi connectivity index (χ0n) is 15.4. The number of hydrogen-bond acceptors (Lipinski definition) is 5. The fraction of sp³-hybridized carbons (Fsp3) is 0.333. The maximum Gasteiger partial charge on any atom is 0.334 e. The van der Waals surface area contributed by atoms with Crippen LogP contribution in [0.4, 0.5) is 0 Å². The van der Waals surface area contributed by atoms with Gasteiger partial charge in [-0.15, -0.1) is 0 Å². The molecule has 0 bridgehead atoms. The smallest absolute Gasteiger partial charge is 0.334 e. The van der Waals surface area contributed by atoms with Crippen molar-refractivity contribution in [2.24, 2.45) is 4.99 Å². The minimum atomic E-state index is -1.29. The van der Waals surface area contributed by atoms with E-state index in [-0.39, 0.29) is 11.5 Å². The van der Waals surface area contributed by atoms with Crippen molar-refractivity contribution in [2.45, 2.75) is 31.2 Å². The van der Waals surface area contributed by atoms with Gasteiger partial charge in [0.25, 0.3) is 0 Å². The van der Waals surface area contributed by atoms with Crippen LogP contribution >= 0.6 is 0 Å². The summed E-state index contributed by atoms with van der Waals surface area (Å²) in [4.78, 5) is 28.6. The van der Waals surface area contributed by atoms with Crippen molar-refractivity contribution in [3.05, 3.63) is 81.4 Å². The number of esters is 1. The standard InChI is InChI=1S/C21H22N2O4/c1-15-8-10-16(11-9-15)18(14-23(25)26)21(20(24)27-2)13-12-19(22-21)17-6-4-3-5-7-17/h3-11,18H,12-14H2,1-2H3/t18-,21-/m0/s1. The van der Waals surface area contributed by atoms with Crippen LogP contribution in [-0.2, 0) is 9.53 Å². The fourth-order valence-electron chi connectivity index (χ4n) is 3.70. The van der Waals surface area contributed by atoms with Gasteiger partial charge < -0.3 is 4.74 Å². The van der Waals surface area contributed by atoms with Gasteiger partial charge in [0, 0.05) is 10.6 Å². The molecule has 6 heteroatoms. The van der Waals surface area contributed by atoms with Crippen molar-refractivity contribution in [2.75, 3.05) is 13.7 Å². The number of nitrogens with zero attached hydrogens (tertiary/aromatic N) is 2. The molecule has 1 heterocycles. The average molecular weight is 366 g/mol. The van der Waals surface area contributed by atoms with Crippen LogP contribution in [0.25, 0.3) is 0 Å². The highest BCUT2D eigenvalue weighted by Gasteiger charge is 2.52. The Morgan fingerprint density at radius 1 is 1.22 bits per heavy atom. The van der Waals surface area contributed by atoms with E-state index in [0.29, 0.717) is 12.8 Å². The van der Waals surface area contributed by atoms with Gasteiger partial charge in [0.05, 0.1) is 13.0 Å². The summed E-state index contributed by atoms with van der Waals surface area (Å²) in [7, 11) is 1.30. The summed E-state index contributed by atoms with van der Waals surface area (Å²) in [6, 6.07) is 17.0. The Morgan fingerprint density at radius 3 is 2.48 bits per heavy atom. The molecule has 0 saturated carbocycles. The van der Waals surface area contributed by atoms with Crippen LogP contribution in [0, 0.1) is 17.0 Å². The molecule has 0 unspecified atom stereocenters. The van der Waals surface area contributed by atoms with Crippen LogP contribution in [0.2, 0.25) is 0 Å². The van der Waals surface area contributed by atoms with Crippen molar-refractivity contribution in [1.29, 1.82) is 0 Å². The van der Waals surface area contributed by atoms with Crippen molar-refractivity contribution >= 4 is 11.7 Å². The number of hydrogen-bond donors (Lipinski definition) is 0. The number of aryl methyl sites for hydroxylation is 1. The second-order valence-electron chi connectivity index (χ2n) is 6.82. The number of aliphatic imine (C=N–C) groups is 1. The molecule has 2 aromatic carbocycles. The first-order valence-corrected chi connectivity index (χ1v) is 8.87. The van der Waals surface area contributed by atoms with Crippen LogP contribution in [0.1, 0.15) is 35.4 Å². The quantitative estimate of drug-likeness (QED) is 0.445. The molecule has 0 spiro atoms. The molecule has 3 rings (SSSR count). The van der Waals surface area contributed by atoms with Crippen LogP contribution in [-0.4, -0.2) is 35.8 Å². The number of benzene rings is 2.